The summed E-state index contributed by atoms with van der Waals surface area (Å²) in [5.74, 6) is 0. The Morgan fingerprint density at radius 1 is 0.600 bits per heavy atom. The summed E-state index contributed by atoms with van der Waals surface area (Å²) in [6.07, 6.45) is 0. The molecule has 0 aromatic heterocycles. The van der Waals surface area contributed by atoms with Gasteiger partial charge in [0.25, 0.3) is 0 Å². The molecule has 0 radical (unpaired) electrons. The van der Waals surface area contributed by atoms with Crippen molar-refractivity contribution in [3.05, 3.63) is 0 Å². The fourth-order valence-corrected chi connectivity index (χ4v) is 0. The third kappa shape index (κ3) is 32.7. The predicted molar refractivity (Wildman–Crippen MR) is 2.06 cm³/mol. The van der Waals surface area contributed by atoms with Gasteiger partial charge in [-0.05, 0) is 0 Å². The van der Waals surface area contributed by atoms with E-state index in [1.807, 2.05) is 0 Å². The van der Waals surface area contributed by atoms with Crippen LogP contribution >= 0.6 is 0 Å². The van der Waals surface area contributed by atoms with Crippen molar-refractivity contribution in [2.45, 2.75) is 0 Å². The first kappa shape index (κ1) is 98.7. The van der Waals surface area contributed by atoms with Crippen LogP contribution < -0.4 is 0 Å². The van der Waals surface area contributed by atoms with Gasteiger partial charge >= 0.3 is 44.8 Å². The third-order valence-corrected chi connectivity index (χ3v) is 0. The summed E-state index contributed by atoms with van der Waals surface area (Å²) in [4.78, 5) is 0. The molecule has 34 valence electrons. The molecule has 0 aliphatic rings. The van der Waals surface area contributed by atoms with Gasteiger partial charge in [-0.15, -0.1) is 0 Å². The van der Waals surface area contributed by atoms with Crippen molar-refractivity contribution < 1.29 is 61.2 Å². The number of hydrogen-bond donors (Lipinski definition) is 0. The molecule has 0 saturated heterocycles. The fraction of sp³-hybridized carbons (Fsp3) is 0. The van der Waals surface area contributed by atoms with Gasteiger partial charge in [0.2, 0.25) is 0 Å². The van der Waals surface area contributed by atoms with E-state index in [1.54, 1.807) is 0 Å². The molecule has 0 bridgehead atoms. The van der Waals surface area contributed by atoms with E-state index >= 15 is 0 Å². The molecular weight excluding hydrogens is 337 g/mol. The minimum absolute atomic E-state index is 0. The molecule has 0 saturated carbocycles. The Hall–Kier alpha value is 1.36. The van der Waals surface area contributed by atoms with E-state index in [9.17, 15) is 0 Å². The standard InChI is InChI=1S/Ag.3O.Ta/q+1;3*-2;+5. The first-order valence-corrected chi connectivity index (χ1v) is 0. The summed E-state index contributed by atoms with van der Waals surface area (Å²) in [6.45, 7) is 0. The SMILES string of the molecule is [Ag+].[O-2].[O-2].[O-2].[Ta+5]. The molecule has 0 aliphatic heterocycles. The molecule has 0 N–H and O–H groups in total. The average Bonchev–Trinajstić information content (AvgIpc) is 0. The van der Waals surface area contributed by atoms with E-state index in [-0.39, 0.29) is 61.2 Å². The van der Waals surface area contributed by atoms with Gasteiger partial charge in [-0.3, -0.25) is 0 Å². The second kappa shape index (κ2) is 55.1. The summed E-state index contributed by atoms with van der Waals surface area (Å²) in [7, 11) is 0. The molecule has 0 fully saturated rings. The van der Waals surface area contributed by atoms with Gasteiger partial charge in [0, 0.05) is 0 Å². The van der Waals surface area contributed by atoms with Crippen molar-refractivity contribution in [1.29, 1.82) is 0 Å². The van der Waals surface area contributed by atoms with E-state index in [4.69, 9.17) is 0 Å². The molecule has 0 aliphatic carbocycles. The van der Waals surface area contributed by atoms with E-state index < -0.39 is 0 Å². The van der Waals surface area contributed by atoms with E-state index in [0.717, 1.165) is 0 Å². The van der Waals surface area contributed by atoms with Gasteiger partial charge in [0.05, 0.1) is 0 Å². The Balaban J connectivity index is 0. The maximum atomic E-state index is 0. The third-order valence-electron chi connectivity index (χ3n) is 0. The molecule has 3 nitrogen and oxygen atoms in total. The zero-order chi connectivity index (χ0) is 0. The van der Waals surface area contributed by atoms with Crippen molar-refractivity contribution in [2.75, 3.05) is 0 Å². The molecule has 0 aromatic rings. The molecule has 0 unspecified atom stereocenters. The van der Waals surface area contributed by atoms with Gasteiger partial charge in [0.15, 0.2) is 0 Å². The Morgan fingerprint density at radius 2 is 0.600 bits per heavy atom. The number of hydrogen-bond acceptors (Lipinski definition) is 0. The normalized spacial score (nSPS) is 0. The fourth-order valence-electron chi connectivity index (χ4n) is 0. The Kier molecular flexibility index (Phi) is 1090. The van der Waals surface area contributed by atoms with E-state index in [2.05, 4.69) is 0 Å². The Morgan fingerprint density at radius 3 is 0.600 bits per heavy atom. The smallest absolute Gasteiger partial charge is 2.00 e. The topological polar surface area (TPSA) is 85.5 Å². The van der Waals surface area contributed by atoms with E-state index in [1.165, 1.54) is 0 Å². The maximum Gasteiger partial charge on any atom is 5.00 e. The second-order valence-corrected chi connectivity index (χ2v) is 0. The largest absolute Gasteiger partial charge is 5.00 e. The monoisotopic (exact) mass is 336 g/mol. The summed E-state index contributed by atoms with van der Waals surface area (Å²) in [5.41, 5.74) is 0. The first-order valence-electron chi connectivity index (χ1n) is 0. The summed E-state index contributed by atoms with van der Waals surface area (Å²) < 4.78 is 0. The first-order chi connectivity index (χ1) is 0. The molecule has 0 amide bonds. The predicted octanol–water partition coefficient (Wildman–Crippen LogP) is -0.361. The molecular formula is AgO3Ta. The summed E-state index contributed by atoms with van der Waals surface area (Å²) in [5, 5.41) is 0. The Labute approximate surface area is 61.1 Å². The summed E-state index contributed by atoms with van der Waals surface area (Å²) >= 11 is 0. The molecule has 5 heteroatoms. The molecule has 0 aromatic carbocycles. The molecule has 5 heavy (non-hydrogen) atoms. The van der Waals surface area contributed by atoms with Gasteiger partial charge in [-0.25, -0.2) is 0 Å². The molecule has 0 spiro atoms. The van der Waals surface area contributed by atoms with Crippen molar-refractivity contribution in [3.63, 3.8) is 0 Å². The molecule has 0 rings (SSSR count). The summed E-state index contributed by atoms with van der Waals surface area (Å²) in [6, 6.07) is 0. The van der Waals surface area contributed by atoms with E-state index in [0.29, 0.717) is 0 Å². The van der Waals surface area contributed by atoms with Crippen LogP contribution in [0.3, 0.4) is 0 Å². The van der Waals surface area contributed by atoms with Crippen LogP contribution in [-0.2, 0) is 61.2 Å². The van der Waals surface area contributed by atoms with Gasteiger partial charge in [-0.2, -0.15) is 0 Å². The van der Waals surface area contributed by atoms with Crippen LogP contribution in [0.1, 0.15) is 0 Å². The zero-order valence-electron chi connectivity index (χ0n) is 1.97. The van der Waals surface area contributed by atoms with Crippen LogP contribution in [0.15, 0.2) is 0 Å². The van der Waals surface area contributed by atoms with Gasteiger partial charge in [0.1, 0.15) is 0 Å². The van der Waals surface area contributed by atoms with Crippen LogP contribution in [0, 0.1) is 0 Å². The van der Waals surface area contributed by atoms with Crippen LogP contribution in [0.25, 0.3) is 0 Å². The van der Waals surface area contributed by atoms with Crippen molar-refractivity contribution in [3.8, 4) is 0 Å². The average molecular weight is 337 g/mol. The molecule has 0 heterocycles. The van der Waals surface area contributed by atoms with Crippen LogP contribution in [-0.4, -0.2) is 0 Å². The van der Waals surface area contributed by atoms with Crippen molar-refractivity contribution in [1.82, 2.24) is 0 Å². The molecule has 0 atom stereocenters. The van der Waals surface area contributed by atoms with Crippen molar-refractivity contribution >= 4 is 0 Å². The Bertz CT molecular complexity index is 6.85. The van der Waals surface area contributed by atoms with Crippen LogP contribution in [0.2, 0.25) is 0 Å². The minimum atomic E-state index is 0. The van der Waals surface area contributed by atoms with Gasteiger partial charge < -0.3 is 16.4 Å². The van der Waals surface area contributed by atoms with Gasteiger partial charge in [-0.1, -0.05) is 0 Å². The zero-order valence-corrected chi connectivity index (χ0v) is 6.67. The minimum Gasteiger partial charge on any atom is -2.00 e. The van der Waals surface area contributed by atoms with Crippen LogP contribution in [0.4, 0.5) is 0 Å². The van der Waals surface area contributed by atoms with Crippen molar-refractivity contribution in [2.24, 2.45) is 0 Å². The van der Waals surface area contributed by atoms with Crippen LogP contribution in [0.5, 0.6) is 0 Å². The number of rotatable bonds is 0. The quantitative estimate of drug-likeness (QED) is 0.541. The second-order valence-electron chi connectivity index (χ2n) is 0. The maximum absolute atomic E-state index is 0.